The van der Waals surface area contributed by atoms with Crippen LogP contribution in [0.4, 0.5) is 0 Å². The van der Waals surface area contributed by atoms with Crippen molar-refractivity contribution >= 4 is 22.8 Å². The lowest BCUT2D eigenvalue weighted by Crippen LogP contribution is -1.97. The molecule has 0 spiro atoms. The van der Waals surface area contributed by atoms with Gasteiger partial charge in [0, 0.05) is 102 Å². The Bertz CT molecular complexity index is 3810. The summed E-state index contributed by atoms with van der Waals surface area (Å²) in [6.45, 7) is 77.4. The largest absolute Gasteiger partial charge is 0.285 e. The van der Waals surface area contributed by atoms with Gasteiger partial charge in [0.1, 0.15) is 11.6 Å². The Morgan fingerprint density at radius 1 is 0.273 bits per heavy atom. The maximum absolute atomic E-state index is 4.50. The molecular weight excluding hydrogens is 1570 g/mol. The van der Waals surface area contributed by atoms with E-state index in [1.54, 1.807) is 6.20 Å². The number of nitrogens with zero attached hydrogens (tertiary/aromatic N) is 18. The smallest absolute Gasteiger partial charge is 0.128 e. The summed E-state index contributed by atoms with van der Waals surface area (Å²) in [4.78, 5) is 52.2. The SMILES string of the molecule is CC.CC.CC.CCCCC.CCCCC1=C(C)CC(C)=N1.CCCCC1=C(C)CC(C)=N1.CCCCC1=C(C)CN=C1C.CCCCC1=C(C)CN=C1C.CCCCC1=C(C)CN=N1.CCCCC1=C(C)CN=N1.CCCCc1cnc(C)c(C)n1.CCCCc1cnc(C)c(C)n1.CCCCc1nccc(C)n1.CCCCc1nccc(C)n1.Cc1cccnn1. The first-order valence-corrected chi connectivity index (χ1v) is 50.5. The third-order valence-electron chi connectivity index (χ3n) is 21.0. The molecule has 722 valence electrons. The quantitative estimate of drug-likeness (QED) is 0.0395. The molecule has 0 atom stereocenters. The van der Waals surface area contributed by atoms with E-state index in [-0.39, 0.29) is 0 Å². The minimum Gasteiger partial charge on any atom is -0.285 e. The van der Waals surface area contributed by atoms with Gasteiger partial charge in [-0.1, -0.05) is 208 Å². The number of hydrogen-bond acceptors (Lipinski definition) is 18. The summed E-state index contributed by atoms with van der Waals surface area (Å²) in [7, 11) is 0. The van der Waals surface area contributed by atoms with Gasteiger partial charge in [0.15, 0.2) is 0 Å². The summed E-state index contributed by atoms with van der Waals surface area (Å²) in [5, 5.41) is 23.4. The van der Waals surface area contributed by atoms with Gasteiger partial charge >= 0.3 is 0 Å². The van der Waals surface area contributed by atoms with Crippen LogP contribution in [0.25, 0.3) is 0 Å². The molecule has 0 unspecified atom stereocenters. The van der Waals surface area contributed by atoms with Crippen LogP contribution in [0.15, 0.2) is 163 Å². The zero-order valence-corrected chi connectivity index (χ0v) is 89.3. The fourth-order valence-electron chi connectivity index (χ4n) is 12.7. The van der Waals surface area contributed by atoms with Gasteiger partial charge in [-0.3, -0.25) is 39.9 Å². The van der Waals surface area contributed by atoms with Crippen molar-refractivity contribution in [3.63, 3.8) is 0 Å². The Morgan fingerprint density at radius 3 is 0.820 bits per heavy atom. The van der Waals surface area contributed by atoms with Gasteiger partial charge in [-0.2, -0.15) is 30.7 Å². The summed E-state index contributed by atoms with van der Waals surface area (Å²) >= 11 is 0. The third kappa shape index (κ3) is 64.5. The van der Waals surface area contributed by atoms with E-state index in [9.17, 15) is 0 Å². The zero-order valence-electron chi connectivity index (χ0n) is 89.3. The third-order valence-corrected chi connectivity index (χ3v) is 21.0. The Labute approximate surface area is 787 Å². The molecule has 0 aliphatic carbocycles. The summed E-state index contributed by atoms with van der Waals surface area (Å²) in [5.74, 6) is 1.96. The van der Waals surface area contributed by atoms with E-state index in [4.69, 9.17) is 0 Å². The first-order valence-electron chi connectivity index (χ1n) is 50.5. The van der Waals surface area contributed by atoms with E-state index in [1.807, 2.05) is 139 Å². The predicted octanol–water partition coefficient (Wildman–Crippen LogP) is 33.6. The second kappa shape index (κ2) is 85.5. The van der Waals surface area contributed by atoms with Crippen molar-refractivity contribution in [1.82, 2.24) is 50.1 Å². The average Bonchev–Trinajstić information content (AvgIpc) is 1.77. The van der Waals surface area contributed by atoms with Crippen LogP contribution < -0.4 is 0 Å². The molecule has 0 fully saturated rings. The van der Waals surface area contributed by atoms with Gasteiger partial charge in [0.25, 0.3) is 0 Å². The lowest BCUT2D eigenvalue weighted by atomic mass is 10.0. The maximum atomic E-state index is 4.50. The number of aryl methyl sites for hydroxylation is 11. The predicted molar refractivity (Wildman–Crippen MR) is 561 cm³/mol. The van der Waals surface area contributed by atoms with Crippen molar-refractivity contribution in [2.24, 2.45) is 40.4 Å². The van der Waals surface area contributed by atoms with E-state index in [0.29, 0.717) is 0 Å². The van der Waals surface area contributed by atoms with Gasteiger partial charge in [-0.05, 0) is 302 Å². The van der Waals surface area contributed by atoms with Crippen LogP contribution >= 0.6 is 0 Å². The summed E-state index contributed by atoms with van der Waals surface area (Å²) in [5.41, 5.74) is 31.5. The summed E-state index contributed by atoms with van der Waals surface area (Å²) in [6, 6.07) is 7.63. The molecule has 6 aliphatic heterocycles. The Hall–Kier alpha value is -8.28. The van der Waals surface area contributed by atoms with Crippen LogP contribution in [0.3, 0.4) is 0 Å². The van der Waals surface area contributed by atoms with Crippen molar-refractivity contribution in [3.8, 4) is 0 Å². The molecule has 6 aliphatic rings. The minimum absolute atomic E-state index is 0.832. The summed E-state index contributed by atoms with van der Waals surface area (Å²) < 4.78 is 0. The molecule has 0 N–H and O–H groups in total. The lowest BCUT2D eigenvalue weighted by molar-refractivity contribution is 0.748. The monoisotopic (exact) mass is 1770 g/mol. The van der Waals surface area contributed by atoms with Gasteiger partial charge < -0.3 is 0 Å². The van der Waals surface area contributed by atoms with Gasteiger partial charge in [-0.15, -0.1) is 0 Å². The molecule has 5 aromatic heterocycles. The maximum Gasteiger partial charge on any atom is 0.128 e. The normalized spacial score (nSPS) is 13.3. The number of hydrogen-bond donors (Lipinski definition) is 0. The van der Waals surface area contributed by atoms with Gasteiger partial charge in [0.05, 0.1) is 77.4 Å². The number of aromatic nitrogens is 10. The highest BCUT2D eigenvalue weighted by Crippen LogP contribution is 2.27. The van der Waals surface area contributed by atoms with Crippen molar-refractivity contribution < 1.29 is 0 Å². The molecule has 11 heterocycles. The Kier molecular flexibility index (Phi) is 84.2. The van der Waals surface area contributed by atoms with E-state index in [1.165, 1.54) is 264 Å². The molecule has 0 aromatic carbocycles. The Balaban J connectivity index is -0.000000654. The molecular formula is C110H192N18. The van der Waals surface area contributed by atoms with Crippen LogP contribution in [0, 0.1) is 48.5 Å². The number of rotatable bonds is 32. The average molecular weight is 1770 g/mol. The van der Waals surface area contributed by atoms with Crippen LogP contribution in [-0.4, -0.2) is 99.1 Å². The molecule has 0 saturated carbocycles. The molecule has 128 heavy (non-hydrogen) atoms. The second-order valence-corrected chi connectivity index (χ2v) is 33.1. The van der Waals surface area contributed by atoms with Crippen LogP contribution in [0.5, 0.6) is 0 Å². The summed E-state index contributed by atoms with van der Waals surface area (Å²) in [6.07, 6.45) is 51.5. The van der Waals surface area contributed by atoms with Crippen molar-refractivity contribution in [2.45, 2.75) is 467 Å². The van der Waals surface area contributed by atoms with Gasteiger partial charge in [0.2, 0.25) is 0 Å². The minimum atomic E-state index is 0.832. The number of aliphatic imine (C=N–C) groups is 4. The molecule has 11 rings (SSSR count). The molecule has 0 saturated heterocycles. The van der Waals surface area contributed by atoms with E-state index >= 15 is 0 Å². The Morgan fingerprint density at radius 2 is 0.586 bits per heavy atom. The van der Waals surface area contributed by atoms with Crippen molar-refractivity contribution in [2.75, 3.05) is 26.2 Å². The molecule has 18 heteroatoms. The van der Waals surface area contributed by atoms with Crippen LogP contribution in [0.2, 0.25) is 0 Å². The second-order valence-electron chi connectivity index (χ2n) is 33.1. The fraction of sp³-hybridized carbons (Fsp3) is 0.673. The van der Waals surface area contributed by atoms with Crippen LogP contribution in [-0.2, 0) is 25.7 Å². The highest BCUT2D eigenvalue weighted by molar-refractivity contribution is 6.01. The lowest BCUT2D eigenvalue weighted by Gasteiger charge is -2.02. The first kappa shape index (κ1) is 126. The van der Waals surface area contributed by atoms with Crippen LogP contribution in [0.1, 0.15) is 456 Å². The van der Waals surface area contributed by atoms with Gasteiger partial charge in [-0.25, -0.2) is 19.9 Å². The zero-order chi connectivity index (χ0) is 97.3. The molecule has 0 radical (unpaired) electrons. The number of unbranched alkanes of at least 4 members (excludes halogenated alkanes) is 12. The van der Waals surface area contributed by atoms with Crippen molar-refractivity contribution in [3.05, 3.63) is 186 Å². The molecule has 18 nitrogen and oxygen atoms in total. The van der Waals surface area contributed by atoms with Crippen molar-refractivity contribution in [1.29, 1.82) is 0 Å². The molecule has 5 aromatic rings. The first-order chi connectivity index (χ1) is 61.6. The molecule has 0 bridgehead atoms. The fourth-order valence-corrected chi connectivity index (χ4v) is 12.7. The topological polar surface area (TPSA) is 228 Å². The molecule has 0 amide bonds. The van der Waals surface area contributed by atoms with E-state index in [0.717, 1.165) is 140 Å². The standard InChI is InChI=1S/2C10H16N2.4C10H17N.2C9H14N2.2C8H14N2.C5H6N2.C5H12.3C2H6/c2*1-4-5-6-10-7-11-8(2)9(3)12-10;2*1-4-5-6-10-8(2)7-11-9(10)3;2*1-4-5-6-10-8(2)7-9(3)11-10;2*1-3-4-5-9-10-7-6-8(2)11-9;2*1-3-4-5-8-7(2)6-9-10-8;1-5-3-2-4-6-7-5;1-3-5-4-2;3*1-2/h2*7H,4-6H2,1-3H3;4*4-7H2,1-3H3;2*6-7H,3-5H2,1-2H3;2*3-6H2,1-2H3;2-4H,1H3;3-5H2,1-2H3;3*1-2H3. The highest BCUT2D eigenvalue weighted by atomic mass is 15.1. The number of azo groups is 2. The highest BCUT2D eigenvalue weighted by Gasteiger charge is 2.15. The van der Waals surface area contributed by atoms with E-state index in [2.05, 4.69) is 243 Å². The number of allylic oxidation sites excluding steroid dienone is 8. The van der Waals surface area contributed by atoms with E-state index < -0.39 is 0 Å².